The van der Waals surface area contributed by atoms with Gasteiger partial charge in [-0.25, -0.2) is 17.6 Å². The molecule has 3 aromatic rings. The summed E-state index contributed by atoms with van der Waals surface area (Å²) < 4.78 is 53.9. The number of hydrogen-bond acceptors (Lipinski definition) is 2. The van der Waals surface area contributed by atoms with E-state index in [-0.39, 0.29) is 6.42 Å². The molecule has 0 atom stereocenters. The maximum Gasteiger partial charge on any atom is 0.242 e. The van der Waals surface area contributed by atoms with E-state index in [2.05, 4.69) is 16.8 Å². The minimum absolute atomic E-state index is 0.248. The topological polar surface area (TPSA) is 29.9 Å². The molecule has 1 aliphatic carbocycles. The molecule has 7 heteroatoms. The standard InChI is InChI=1S/C26H31F4N3/c1-2-3-22-21-8-6-18(11-25(29)30)10-24(21)33(16-17-4-5-17)26(22)23-9-7-19(15-32-23)14-31-20(12-27)13-28/h6-10,15,17,20,25,31H,2-5,11-14,16H2,1H3. The molecule has 0 bridgehead atoms. The van der Waals surface area contributed by atoms with Gasteiger partial charge in [0.05, 0.1) is 17.4 Å². The van der Waals surface area contributed by atoms with Crippen molar-refractivity contribution in [3.63, 3.8) is 0 Å². The third-order valence-electron chi connectivity index (χ3n) is 6.30. The van der Waals surface area contributed by atoms with Crippen LogP contribution in [0.1, 0.15) is 42.9 Å². The van der Waals surface area contributed by atoms with Crippen LogP contribution in [0, 0.1) is 5.92 Å². The third-order valence-corrected chi connectivity index (χ3v) is 6.30. The van der Waals surface area contributed by atoms with Crippen LogP contribution in [0.25, 0.3) is 22.3 Å². The number of halogens is 4. The highest BCUT2D eigenvalue weighted by molar-refractivity contribution is 5.92. The molecule has 0 amide bonds. The molecule has 1 aromatic carbocycles. The summed E-state index contributed by atoms with van der Waals surface area (Å²) in [6, 6.07) is 8.79. The fraction of sp³-hybridized carbons (Fsp3) is 0.500. The molecule has 1 N–H and O–H groups in total. The minimum Gasteiger partial charge on any atom is -0.339 e. The molecule has 3 nitrogen and oxygen atoms in total. The van der Waals surface area contributed by atoms with Gasteiger partial charge in [0.2, 0.25) is 6.43 Å². The molecular formula is C26H31F4N3. The van der Waals surface area contributed by atoms with Gasteiger partial charge in [-0.1, -0.05) is 31.5 Å². The summed E-state index contributed by atoms with van der Waals surface area (Å²) >= 11 is 0. The molecule has 0 spiro atoms. The number of benzene rings is 1. The Labute approximate surface area is 192 Å². The number of pyridine rings is 1. The molecule has 4 rings (SSSR count). The molecule has 0 aliphatic heterocycles. The van der Waals surface area contributed by atoms with E-state index in [0.29, 0.717) is 18.0 Å². The zero-order chi connectivity index (χ0) is 23.4. The second kappa shape index (κ2) is 10.7. The molecule has 2 aromatic heterocycles. The Hall–Kier alpha value is -2.41. The normalized spacial score (nSPS) is 14.2. The molecule has 0 radical (unpaired) electrons. The van der Waals surface area contributed by atoms with E-state index in [1.165, 1.54) is 18.4 Å². The highest BCUT2D eigenvalue weighted by atomic mass is 19.3. The van der Waals surface area contributed by atoms with Crippen molar-refractivity contribution in [3.8, 4) is 11.4 Å². The number of aromatic nitrogens is 2. The Kier molecular flexibility index (Phi) is 7.68. The quantitative estimate of drug-likeness (QED) is 0.322. The van der Waals surface area contributed by atoms with Crippen LogP contribution in [-0.4, -0.2) is 35.4 Å². The average molecular weight is 462 g/mol. The van der Waals surface area contributed by atoms with E-state index in [1.807, 2.05) is 30.3 Å². The van der Waals surface area contributed by atoms with Gasteiger partial charge in [0.15, 0.2) is 0 Å². The Bertz CT molecular complexity index is 1050. The second-order valence-electron chi connectivity index (χ2n) is 9.02. The van der Waals surface area contributed by atoms with Crippen molar-refractivity contribution in [1.82, 2.24) is 14.9 Å². The van der Waals surface area contributed by atoms with Gasteiger partial charge < -0.3 is 9.88 Å². The number of alkyl halides is 4. The fourth-order valence-corrected chi connectivity index (χ4v) is 4.40. The Morgan fingerprint density at radius 2 is 1.85 bits per heavy atom. The molecule has 0 unspecified atom stereocenters. The zero-order valence-corrected chi connectivity index (χ0v) is 19.0. The van der Waals surface area contributed by atoms with Gasteiger partial charge >= 0.3 is 0 Å². The maximum atomic E-state index is 13.0. The van der Waals surface area contributed by atoms with E-state index in [9.17, 15) is 17.6 Å². The molecule has 33 heavy (non-hydrogen) atoms. The largest absolute Gasteiger partial charge is 0.339 e. The van der Waals surface area contributed by atoms with Gasteiger partial charge in [-0.2, -0.15) is 0 Å². The number of aryl methyl sites for hydroxylation is 1. The fourth-order valence-electron chi connectivity index (χ4n) is 4.40. The van der Waals surface area contributed by atoms with Crippen molar-refractivity contribution >= 4 is 10.9 Å². The van der Waals surface area contributed by atoms with E-state index in [4.69, 9.17) is 4.98 Å². The predicted molar refractivity (Wildman–Crippen MR) is 124 cm³/mol. The first-order chi connectivity index (χ1) is 16.0. The summed E-state index contributed by atoms with van der Waals surface area (Å²) in [6.07, 6.45) is 3.32. The highest BCUT2D eigenvalue weighted by Crippen LogP contribution is 2.39. The van der Waals surface area contributed by atoms with Crippen molar-refractivity contribution in [1.29, 1.82) is 0 Å². The second-order valence-corrected chi connectivity index (χ2v) is 9.02. The van der Waals surface area contributed by atoms with Crippen LogP contribution >= 0.6 is 0 Å². The smallest absolute Gasteiger partial charge is 0.242 e. The Balaban J connectivity index is 1.73. The van der Waals surface area contributed by atoms with Gasteiger partial charge in [0.25, 0.3) is 0 Å². The van der Waals surface area contributed by atoms with Crippen molar-refractivity contribution in [2.75, 3.05) is 13.3 Å². The van der Waals surface area contributed by atoms with Gasteiger partial charge in [-0.05, 0) is 54.0 Å². The molecule has 0 saturated heterocycles. The van der Waals surface area contributed by atoms with Crippen molar-refractivity contribution < 1.29 is 17.6 Å². The van der Waals surface area contributed by atoms with E-state index in [1.54, 1.807) is 6.20 Å². The SMILES string of the molecule is CCCc1c(-c2ccc(CNC(CF)CF)cn2)n(CC2CC2)c2cc(CC(F)F)ccc12. The van der Waals surface area contributed by atoms with Crippen LogP contribution in [0.4, 0.5) is 17.6 Å². The number of fused-ring (bicyclic) bond motifs is 1. The van der Waals surface area contributed by atoms with Crippen LogP contribution in [0.15, 0.2) is 36.5 Å². The summed E-state index contributed by atoms with van der Waals surface area (Å²) in [7, 11) is 0. The third kappa shape index (κ3) is 5.57. The van der Waals surface area contributed by atoms with E-state index in [0.717, 1.165) is 47.2 Å². The van der Waals surface area contributed by atoms with Crippen molar-refractivity contribution in [3.05, 3.63) is 53.2 Å². The average Bonchev–Trinajstić information content (AvgIpc) is 3.58. The van der Waals surface area contributed by atoms with Gasteiger partial charge in [-0.15, -0.1) is 0 Å². The van der Waals surface area contributed by atoms with E-state index < -0.39 is 25.8 Å². The summed E-state index contributed by atoms with van der Waals surface area (Å²) in [5.41, 5.74) is 5.59. The van der Waals surface area contributed by atoms with Crippen LogP contribution in [0.2, 0.25) is 0 Å². The molecule has 178 valence electrons. The van der Waals surface area contributed by atoms with Gasteiger partial charge in [-0.3, -0.25) is 4.98 Å². The lowest BCUT2D eigenvalue weighted by Crippen LogP contribution is -2.32. The van der Waals surface area contributed by atoms with Gasteiger partial charge in [0, 0.05) is 36.6 Å². The number of nitrogens with zero attached hydrogens (tertiary/aromatic N) is 2. The highest BCUT2D eigenvalue weighted by Gasteiger charge is 2.27. The first-order valence-corrected chi connectivity index (χ1v) is 11.8. The van der Waals surface area contributed by atoms with Crippen LogP contribution in [-0.2, 0) is 25.9 Å². The summed E-state index contributed by atoms with van der Waals surface area (Å²) in [5.74, 6) is 0.606. The van der Waals surface area contributed by atoms with E-state index >= 15 is 0 Å². The van der Waals surface area contributed by atoms with Crippen LogP contribution in [0.3, 0.4) is 0 Å². The predicted octanol–water partition coefficient (Wildman–Crippen LogP) is 6.27. The monoisotopic (exact) mass is 461 g/mol. The number of hydrogen-bond donors (Lipinski definition) is 1. The molecule has 1 saturated carbocycles. The molecule has 1 aliphatic rings. The number of rotatable bonds is 12. The Morgan fingerprint density at radius 1 is 1.09 bits per heavy atom. The lowest BCUT2D eigenvalue weighted by molar-refractivity contribution is 0.149. The van der Waals surface area contributed by atoms with Crippen molar-refractivity contribution in [2.24, 2.45) is 5.92 Å². The zero-order valence-electron chi connectivity index (χ0n) is 19.0. The van der Waals surface area contributed by atoms with Crippen molar-refractivity contribution in [2.45, 2.75) is 64.6 Å². The summed E-state index contributed by atoms with van der Waals surface area (Å²) in [4.78, 5) is 4.71. The maximum absolute atomic E-state index is 13.0. The lowest BCUT2D eigenvalue weighted by atomic mass is 10.0. The Morgan fingerprint density at radius 3 is 2.45 bits per heavy atom. The first-order valence-electron chi connectivity index (χ1n) is 11.8. The molecule has 1 fully saturated rings. The minimum atomic E-state index is -2.37. The summed E-state index contributed by atoms with van der Waals surface area (Å²) in [5, 5.41) is 3.96. The van der Waals surface area contributed by atoms with Crippen LogP contribution < -0.4 is 5.32 Å². The molecule has 2 heterocycles. The molecular weight excluding hydrogens is 430 g/mol. The summed E-state index contributed by atoms with van der Waals surface area (Å²) in [6.45, 7) is 1.82. The van der Waals surface area contributed by atoms with Gasteiger partial charge in [0.1, 0.15) is 13.3 Å². The number of nitrogens with one attached hydrogen (secondary N) is 1. The first kappa shape index (κ1) is 23.7. The van der Waals surface area contributed by atoms with Crippen LogP contribution in [0.5, 0.6) is 0 Å². The lowest BCUT2D eigenvalue weighted by Gasteiger charge is -2.14.